The van der Waals surface area contributed by atoms with E-state index in [2.05, 4.69) is 21.2 Å². The lowest BCUT2D eigenvalue weighted by molar-refractivity contribution is -0.384. The summed E-state index contributed by atoms with van der Waals surface area (Å²) in [6.45, 7) is 1.87. The van der Waals surface area contributed by atoms with Crippen molar-refractivity contribution in [3.63, 3.8) is 0 Å². The molecule has 0 aliphatic carbocycles. The molecule has 0 aromatic heterocycles. The molecule has 1 N–H and O–H groups in total. The predicted octanol–water partition coefficient (Wildman–Crippen LogP) is 2.25. The van der Waals surface area contributed by atoms with Crippen molar-refractivity contribution in [1.82, 2.24) is 5.32 Å². The number of nitro benzene ring substituents is 1. The SMILES string of the molecule is CC(C#N)CNC(=O)c1cc([N+](=O)[O-])ccc1Br. The van der Waals surface area contributed by atoms with Gasteiger partial charge in [0.1, 0.15) is 0 Å². The standard InChI is InChI=1S/C11H10BrN3O3/c1-7(5-13)6-14-11(16)9-4-8(15(17)18)2-3-10(9)12/h2-4,7H,6H2,1H3,(H,14,16). The number of halogens is 1. The Labute approximate surface area is 112 Å². The molecule has 0 aliphatic heterocycles. The number of nitrogens with one attached hydrogen (secondary N) is 1. The van der Waals surface area contributed by atoms with Gasteiger partial charge >= 0.3 is 0 Å². The molecule has 94 valence electrons. The van der Waals surface area contributed by atoms with Gasteiger partial charge in [0.05, 0.1) is 22.5 Å². The smallest absolute Gasteiger partial charge is 0.270 e. The van der Waals surface area contributed by atoms with E-state index in [9.17, 15) is 14.9 Å². The molecular formula is C11H10BrN3O3. The quantitative estimate of drug-likeness (QED) is 0.681. The fourth-order valence-electron chi connectivity index (χ4n) is 1.19. The summed E-state index contributed by atoms with van der Waals surface area (Å²) >= 11 is 3.16. The molecule has 1 amide bonds. The molecular weight excluding hydrogens is 302 g/mol. The van der Waals surface area contributed by atoms with Crippen LogP contribution < -0.4 is 5.32 Å². The number of nitro groups is 1. The van der Waals surface area contributed by atoms with E-state index in [0.29, 0.717) is 4.47 Å². The lowest BCUT2D eigenvalue weighted by Crippen LogP contribution is -2.28. The largest absolute Gasteiger partial charge is 0.351 e. The van der Waals surface area contributed by atoms with Gasteiger partial charge in [-0.15, -0.1) is 0 Å². The Hall–Kier alpha value is -1.94. The molecule has 0 spiro atoms. The minimum Gasteiger partial charge on any atom is -0.351 e. The maximum absolute atomic E-state index is 11.8. The predicted molar refractivity (Wildman–Crippen MR) is 67.9 cm³/mol. The first-order valence-electron chi connectivity index (χ1n) is 5.07. The molecule has 1 atom stereocenters. The van der Waals surface area contributed by atoms with Gasteiger partial charge in [0.25, 0.3) is 11.6 Å². The van der Waals surface area contributed by atoms with Crippen LogP contribution in [-0.2, 0) is 0 Å². The van der Waals surface area contributed by atoms with E-state index in [1.807, 2.05) is 6.07 Å². The molecule has 6 nitrogen and oxygen atoms in total. The Bertz CT molecular complexity index is 525. The number of hydrogen-bond acceptors (Lipinski definition) is 4. The number of non-ortho nitro benzene ring substituents is 1. The van der Waals surface area contributed by atoms with Gasteiger partial charge in [-0.05, 0) is 28.9 Å². The van der Waals surface area contributed by atoms with Crippen molar-refractivity contribution < 1.29 is 9.72 Å². The lowest BCUT2D eigenvalue weighted by atomic mass is 10.1. The van der Waals surface area contributed by atoms with Crippen LogP contribution in [0, 0.1) is 27.4 Å². The maximum Gasteiger partial charge on any atom is 0.270 e. The van der Waals surface area contributed by atoms with E-state index in [-0.39, 0.29) is 23.7 Å². The summed E-state index contributed by atoms with van der Waals surface area (Å²) in [5.41, 5.74) is 0.0195. The summed E-state index contributed by atoms with van der Waals surface area (Å²) < 4.78 is 0.468. The molecule has 0 radical (unpaired) electrons. The van der Waals surface area contributed by atoms with Gasteiger partial charge in [0.2, 0.25) is 0 Å². The summed E-state index contributed by atoms with van der Waals surface area (Å²) in [5.74, 6) is -0.765. The highest BCUT2D eigenvalue weighted by molar-refractivity contribution is 9.10. The van der Waals surface area contributed by atoms with Gasteiger partial charge in [-0.25, -0.2) is 0 Å². The molecule has 1 aromatic rings. The summed E-state index contributed by atoms with van der Waals surface area (Å²) in [6, 6.07) is 5.92. The van der Waals surface area contributed by atoms with Crippen molar-refractivity contribution in [3.05, 3.63) is 38.3 Å². The molecule has 0 aliphatic rings. The van der Waals surface area contributed by atoms with Crippen LogP contribution >= 0.6 is 15.9 Å². The average Bonchev–Trinajstić information content (AvgIpc) is 2.35. The Balaban J connectivity index is 2.88. The molecule has 0 fully saturated rings. The van der Waals surface area contributed by atoms with Crippen molar-refractivity contribution in [1.29, 1.82) is 5.26 Å². The fraction of sp³-hybridized carbons (Fsp3) is 0.273. The summed E-state index contributed by atoms with van der Waals surface area (Å²) in [4.78, 5) is 21.8. The van der Waals surface area contributed by atoms with E-state index in [1.165, 1.54) is 18.2 Å². The second-order valence-electron chi connectivity index (χ2n) is 3.66. The third-order valence-corrected chi connectivity index (χ3v) is 2.89. The maximum atomic E-state index is 11.8. The first-order valence-corrected chi connectivity index (χ1v) is 5.86. The fourth-order valence-corrected chi connectivity index (χ4v) is 1.61. The van der Waals surface area contributed by atoms with E-state index in [1.54, 1.807) is 6.92 Å². The Morgan fingerprint density at radius 2 is 2.33 bits per heavy atom. The van der Waals surface area contributed by atoms with Crippen molar-refractivity contribution in [3.8, 4) is 6.07 Å². The summed E-state index contributed by atoms with van der Waals surface area (Å²) in [7, 11) is 0. The molecule has 18 heavy (non-hydrogen) atoms. The zero-order valence-electron chi connectivity index (χ0n) is 9.51. The summed E-state index contributed by atoms with van der Waals surface area (Å²) in [5, 5.41) is 21.7. The van der Waals surface area contributed by atoms with Gasteiger partial charge in [-0.2, -0.15) is 5.26 Å². The van der Waals surface area contributed by atoms with Crippen LogP contribution in [0.3, 0.4) is 0 Å². The molecule has 0 bridgehead atoms. The van der Waals surface area contributed by atoms with Crippen LogP contribution in [-0.4, -0.2) is 17.4 Å². The van der Waals surface area contributed by atoms with Crippen LogP contribution in [0.1, 0.15) is 17.3 Å². The molecule has 0 saturated carbocycles. The Morgan fingerprint density at radius 1 is 1.67 bits per heavy atom. The minimum absolute atomic E-state index is 0.156. The first-order chi connectivity index (χ1) is 8.45. The third kappa shape index (κ3) is 3.53. The van der Waals surface area contributed by atoms with Crippen LogP contribution in [0.5, 0.6) is 0 Å². The highest BCUT2D eigenvalue weighted by atomic mass is 79.9. The Morgan fingerprint density at radius 3 is 2.89 bits per heavy atom. The minimum atomic E-state index is -0.568. The van der Waals surface area contributed by atoms with Crippen molar-refractivity contribution in [2.24, 2.45) is 5.92 Å². The van der Waals surface area contributed by atoms with Gasteiger partial charge < -0.3 is 5.32 Å². The highest BCUT2D eigenvalue weighted by Gasteiger charge is 2.15. The number of carbonyl (C=O) groups is 1. The average molecular weight is 312 g/mol. The van der Waals surface area contributed by atoms with E-state index in [0.717, 1.165) is 0 Å². The molecule has 0 heterocycles. The van der Waals surface area contributed by atoms with Crippen molar-refractivity contribution in [2.45, 2.75) is 6.92 Å². The molecule has 7 heteroatoms. The van der Waals surface area contributed by atoms with Gasteiger partial charge in [0, 0.05) is 23.2 Å². The van der Waals surface area contributed by atoms with Crippen LogP contribution in [0.2, 0.25) is 0 Å². The number of amides is 1. The van der Waals surface area contributed by atoms with Gasteiger partial charge in [0.15, 0.2) is 0 Å². The van der Waals surface area contributed by atoms with Crippen LogP contribution in [0.4, 0.5) is 5.69 Å². The highest BCUT2D eigenvalue weighted by Crippen LogP contribution is 2.22. The molecule has 1 aromatic carbocycles. The van der Waals surface area contributed by atoms with E-state index >= 15 is 0 Å². The second-order valence-corrected chi connectivity index (χ2v) is 4.52. The number of hydrogen-bond donors (Lipinski definition) is 1. The van der Waals surface area contributed by atoms with Gasteiger partial charge in [-0.3, -0.25) is 14.9 Å². The zero-order valence-corrected chi connectivity index (χ0v) is 11.1. The molecule has 1 unspecified atom stereocenters. The van der Waals surface area contributed by atoms with Gasteiger partial charge in [-0.1, -0.05) is 0 Å². The topological polar surface area (TPSA) is 96.0 Å². The molecule has 0 saturated heterocycles. The van der Waals surface area contributed by atoms with E-state index < -0.39 is 10.8 Å². The number of nitrogens with zero attached hydrogens (tertiary/aromatic N) is 2. The molecule has 1 rings (SSSR count). The first kappa shape index (κ1) is 14.1. The lowest BCUT2D eigenvalue weighted by Gasteiger charge is -2.07. The number of nitriles is 1. The van der Waals surface area contributed by atoms with Crippen LogP contribution in [0.15, 0.2) is 22.7 Å². The summed E-state index contributed by atoms with van der Waals surface area (Å²) in [6.07, 6.45) is 0. The number of benzene rings is 1. The second kappa shape index (κ2) is 6.12. The third-order valence-electron chi connectivity index (χ3n) is 2.19. The van der Waals surface area contributed by atoms with E-state index in [4.69, 9.17) is 5.26 Å². The normalized spacial score (nSPS) is 11.4. The van der Waals surface area contributed by atoms with Crippen LogP contribution in [0.25, 0.3) is 0 Å². The number of carbonyl (C=O) groups excluding carboxylic acids is 1. The van der Waals surface area contributed by atoms with Crippen molar-refractivity contribution >= 4 is 27.5 Å². The Kier molecular flexibility index (Phi) is 4.80. The van der Waals surface area contributed by atoms with Crippen molar-refractivity contribution in [2.75, 3.05) is 6.54 Å². The monoisotopic (exact) mass is 311 g/mol. The zero-order chi connectivity index (χ0) is 13.7. The number of rotatable bonds is 4.